The smallest absolute Gasteiger partial charge is 0.379 e. The number of fused-ring (bicyclic) bond motifs is 1. The molecule has 1 aliphatic carbocycles. The molecule has 0 bridgehead atoms. The van der Waals surface area contributed by atoms with Crippen LogP contribution in [0.4, 0.5) is 11.4 Å². The summed E-state index contributed by atoms with van der Waals surface area (Å²) in [7, 11) is 5.15. The zero-order chi connectivity index (χ0) is 23.0. The van der Waals surface area contributed by atoms with E-state index in [0.717, 1.165) is 42.3 Å². The molecule has 0 atom stereocenters. The Morgan fingerprint density at radius 1 is 1.34 bits per heavy atom. The molecule has 170 valence electrons. The molecule has 0 saturated heterocycles. The van der Waals surface area contributed by atoms with Crippen molar-refractivity contribution in [1.82, 2.24) is 9.78 Å². The second-order valence-corrected chi connectivity index (χ2v) is 8.86. The Kier molecular flexibility index (Phi) is 5.68. The lowest BCUT2D eigenvalue weighted by Gasteiger charge is -2.33. The first-order valence-corrected chi connectivity index (χ1v) is 10.7. The van der Waals surface area contributed by atoms with Crippen LogP contribution in [0.1, 0.15) is 49.1 Å². The zero-order valence-electron chi connectivity index (χ0n) is 18.8. The first-order chi connectivity index (χ1) is 15.2. The summed E-state index contributed by atoms with van der Waals surface area (Å²) in [6, 6.07) is 8.59. The highest BCUT2D eigenvalue weighted by molar-refractivity contribution is 6.05. The molecule has 32 heavy (non-hydrogen) atoms. The van der Waals surface area contributed by atoms with E-state index >= 15 is 0 Å². The number of ether oxygens (including phenoxy) is 1. The van der Waals surface area contributed by atoms with Crippen LogP contribution in [0.15, 0.2) is 36.5 Å². The zero-order valence-corrected chi connectivity index (χ0v) is 18.8. The number of pyridine rings is 1. The Morgan fingerprint density at radius 2 is 2.06 bits per heavy atom. The van der Waals surface area contributed by atoms with Gasteiger partial charge in [0.2, 0.25) is 0 Å². The molecule has 4 rings (SSSR count). The minimum atomic E-state index is -0.600. The van der Waals surface area contributed by atoms with Crippen molar-refractivity contribution in [3.8, 4) is 5.88 Å². The Morgan fingerprint density at radius 3 is 2.72 bits per heavy atom. The summed E-state index contributed by atoms with van der Waals surface area (Å²) in [5.74, 6) is -0.475. The van der Waals surface area contributed by atoms with Crippen molar-refractivity contribution in [3.63, 3.8) is 0 Å². The molecule has 0 spiro atoms. The van der Waals surface area contributed by atoms with Crippen LogP contribution in [0.3, 0.4) is 0 Å². The number of nitrogens with one attached hydrogen (secondary N) is 1. The van der Waals surface area contributed by atoms with Crippen molar-refractivity contribution in [2.24, 2.45) is 0 Å². The van der Waals surface area contributed by atoms with Crippen LogP contribution in [0.25, 0.3) is 10.9 Å². The van der Waals surface area contributed by atoms with E-state index in [1.54, 1.807) is 6.07 Å². The predicted molar refractivity (Wildman–Crippen MR) is 122 cm³/mol. The number of anilines is 2. The Balaban J connectivity index is 1.65. The van der Waals surface area contributed by atoms with E-state index < -0.39 is 11.5 Å². The van der Waals surface area contributed by atoms with E-state index in [4.69, 9.17) is 9.84 Å². The molecule has 9 heteroatoms. The van der Waals surface area contributed by atoms with Gasteiger partial charge < -0.3 is 25.3 Å². The van der Waals surface area contributed by atoms with Crippen molar-refractivity contribution >= 4 is 28.2 Å². The number of carbonyl (C=O) groups is 1. The van der Waals surface area contributed by atoms with Gasteiger partial charge in [0, 0.05) is 31.7 Å². The first kappa shape index (κ1) is 21.9. The van der Waals surface area contributed by atoms with Gasteiger partial charge in [0.25, 0.3) is 5.69 Å². The van der Waals surface area contributed by atoms with Crippen molar-refractivity contribution in [2.45, 2.75) is 44.2 Å². The topological polar surface area (TPSA) is 107 Å². The van der Waals surface area contributed by atoms with Gasteiger partial charge in [-0.15, -0.1) is 4.73 Å². The van der Waals surface area contributed by atoms with E-state index in [2.05, 4.69) is 5.32 Å². The number of carbonyl (C=O) groups excluding carboxylic acids is 1. The third-order valence-corrected chi connectivity index (χ3v) is 6.13. The van der Waals surface area contributed by atoms with Gasteiger partial charge in [0.1, 0.15) is 0 Å². The van der Waals surface area contributed by atoms with Crippen molar-refractivity contribution in [2.75, 3.05) is 31.4 Å². The molecule has 1 aromatic carbocycles. The summed E-state index contributed by atoms with van der Waals surface area (Å²) in [6.07, 6.45) is 5.20. The highest BCUT2D eigenvalue weighted by atomic mass is 16.5. The maximum Gasteiger partial charge on any atom is 0.379 e. The van der Waals surface area contributed by atoms with Crippen LogP contribution in [0.2, 0.25) is 0 Å². The van der Waals surface area contributed by atoms with Crippen LogP contribution < -0.4 is 19.7 Å². The lowest BCUT2D eigenvalue weighted by Crippen LogP contribution is -2.38. The number of amides is 1. The number of hydrogen-bond donors (Lipinski definition) is 2. The molecule has 2 N–H and O–H groups in total. The van der Waals surface area contributed by atoms with E-state index in [1.165, 1.54) is 19.2 Å². The maximum atomic E-state index is 12.9. The molecule has 2 aromatic heterocycles. The van der Waals surface area contributed by atoms with E-state index in [0.29, 0.717) is 10.4 Å². The van der Waals surface area contributed by atoms with E-state index in [1.807, 2.05) is 48.9 Å². The van der Waals surface area contributed by atoms with Gasteiger partial charge in [0.15, 0.2) is 0 Å². The van der Waals surface area contributed by atoms with Crippen molar-refractivity contribution in [3.05, 3.63) is 47.4 Å². The standard InChI is InChI=1S/C23H29N5O4/c1-23(30)10-8-16(9-11-23)27-14-15-12-18(20(26(2)3)13-17(15)25-27)24-22(29)19-6-5-7-21(32-4)28(19)31/h5-7,12-14,16,30H,8-11H2,1-4H3,(H,24,29). The lowest BCUT2D eigenvalue weighted by atomic mass is 9.84. The highest BCUT2D eigenvalue weighted by Gasteiger charge is 2.30. The van der Waals surface area contributed by atoms with Gasteiger partial charge in [-0.05, 0) is 50.8 Å². The molecule has 1 saturated carbocycles. The van der Waals surface area contributed by atoms with Gasteiger partial charge in [-0.25, -0.2) is 0 Å². The number of methoxy groups -OCH3 is 1. The molecule has 0 radical (unpaired) electrons. The fourth-order valence-electron chi connectivity index (χ4n) is 4.21. The molecule has 3 aromatic rings. The van der Waals surface area contributed by atoms with Crippen LogP contribution in [-0.2, 0) is 0 Å². The van der Waals surface area contributed by atoms with Gasteiger partial charge >= 0.3 is 11.8 Å². The minimum absolute atomic E-state index is 0.0497. The van der Waals surface area contributed by atoms with Crippen LogP contribution in [0, 0.1) is 5.21 Å². The number of benzene rings is 1. The summed E-state index contributed by atoms with van der Waals surface area (Å²) in [5.41, 5.74) is 1.53. The molecule has 9 nitrogen and oxygen atoms in total. The molecule has 2 heterocycles. The lowest BCUT2D eigenvalue weighted by molar-refractivity contribution is -0.614. The monoisotopic (exact) mass is 439 g/mol. The van der Waals surface area contributed by atoms with Crippen LogP contribution >= 0.6 is 0 Å². The van der Waals surface area contributed by atoms with E-state index in [9.17, 15) is 15.1 Å². The number of aromatic nitrogens is 3. The van der Waals surface area contributed by atoms with Gasteiger partial charge in [-0.1, -0.05) is 0 Å². The summed E-state index contributed by atoms with van der Waals surface area (Å²) in [5, 5.41) is 31.1. The maximum absolute atomic E-state index is 12.9. The van der Waals surface area contributed by atoms with Gasteiger partial charge in [-0.3, -0.25) is 9.48 Å². The third kappa shape index (κ3) is 4.20. The van der Waals surface area contributed by atoms with Gasteiger partial charge in [0.05, 0.1) is 41.7 Å². The fraction of sp³-hybridized carbons (Fsp3) is 0.435. The largest absolute Gasteiger partial charge is 0.615 e. The van der Waals surface area contributed by atoms with Crippen LogP contribution in [-0.4, -0.2) is 47.6 Å². The number of hydrogen-bond acceptors (Lipinski definition) is 6. The van der Waals surface area contributed by atoms with Crippen molar-refractivity contribution in [1.29, 1.82) is 0 Å². The SMILES string of the molecule is COc1cccc(C(=O)Nc2cc3cn(C4CCC(C)(O)CC4)nc3cc2N(C)C)[n+]1[O-]. The fourth-order valence-corrected chi connectivity index (χ4v) is 4.21. The Bertz CT molecular complexity index is 1140. The van der Waals surface area contributed by atoms with E-state index in [-0.39, 0.29) is 17.6 Å². The number of rotatable bonds is 5. The average molecular weight is 440 g/mol. The third-order valence-electron chi connectivity index (χ3n) is 6.13. The number of nitrogens with zero attached hydrogens (tertiary/aromatic N) is 4. The second kappa shape index (κ2) is 8.31. The molecule has 1 fully saturated rings. The Hall–Kier alpha value is -3.33. The summed E-state index contributed by atoms with van der Waals surface area (Å²) in [4.78, 5) is 14.8. The van der Waals surface area contributed by atoms with Crippen molar-refractivity contribution < 1.29 is 19.4 Å². The predicted octanol–water partition coefficient (Wildman–Crippen LogP) is 2.86. The van der Waals surface area contributed by atoms with Crippen LogP contribution in [0.5, 0.6) is 5.88 Å². The minimum Gasteiger partial charge on any atom is -0.615 e. The molecular formula is C23H29N5O4. The number of aliphatic hydroxyl groups is 1. The summed E-state index contributed by atoms with van der Waals surface area (Å²) < 4.78 is 7.46. The highest BCUT2D eigenvalue weighted by Crippen LogP contribution is 2.36. The quantitative estimate of drug-likeness (QED) is 0.468. The average Bonchev–Trinajstić information content (AvgIpc) is 3.16. The molecule has 0 aliphatic heterocycles. The second-order valence-electron chi connectivity index (χ2n) is 8.86. The molecule has 0 unspecified atom stereocenters. The summed E-state index contributed by atoms with van der Waals surface area (Å²) in [6.45, 7) is 1.88. The molecule has 1 aliphatic rings. The normalized spacial score (nSPS) is 20.8. The first-order valence-electron chi connectivity index (χ1n) is 10.7. The molecular weight excluding hydrogens is 410 g/mol. The molecule has 1 amide bonds. The van der Waals surface area contributed by atoms with Gasteiger partial charge in [-0.2, -0.15) is 5.10 Å². The Labute approximate surface area is 186 Å². The summed E-state index contributed by atoms with van der Waals surface area (Å²) >= 11 is 0.